The molecule has 0 radical (unpaired) electrons. The van der Waals surface area contributed by atoms with E-state index in [2.05, 4.69) is 22.8 Å². The summed E-state index contributed by atoms with van der Waals surface area (Å²) < 4.78 is 0. The van der Waals surface area contributed by atoms with E-state index in [9.17, 15) is 9.59 Å². The number of rotatable bonds is 7. The summed E-state index contributed by atoms with van der Waals surface area (Å²) in [4.78, 5) is 24.0. The van der Waals surface area contributed by atoms with Crippen molar-refractivity contribution in [2.75, 3.05) is 6.54 Å². The average molecular weight is 310 g/mol. The largest absolute Gasteiger partial charge is 0.354 e. The second kappa shape index (κ2) is 8.73. The Morgan fingerprint density at radius 1 is 0.957 bits per heavy atom. The molecule has 2 N–H and O–H groups in total. The molecule has 2 aromatic carbocycles. The highest BCUT2D eigenvalue weighted by atomic mass is 16.2. The predicted molar refractivity (Wildman–Crippen MR) is 91.1 cm³/mol. The van der Waals surface area contributed by atoms with Gasteiger partial charge in [-0.15, -0.1) is 0 Å². The normalized spacial score (nSPS) is 11.5. The van der Waals surface area contributed by atoms with Crippen molar-refractivity contribution < 1.29 is 9.59 Å². The van der Waals surface area contributed by atoms with Crippen LogP contribution in [-0.2, 0) is 11.2 Å². The fourth-order valence-electron chi connectivity index (χ4n) is 2.24. The van der Waals surface area contributed by atoms with E-state index in [1.165, 1.54) is 5.56 Å². The van der Waals surface area contributed by atoms with E-state index in [0.29, 0.717) is 12.1 Å². The van der Waals surface area contributed by atoms with Crippen LogP contribution in [-0.4, -0.2) is 24.4 Å². The molecule has 0 aromatic heterocycles. The summed E-state index contributed by atoms with van der Waals surface area (Å²) in [6, 6.07) is 18.5. The summed E-state index contributed by atoms with van der Waals surface area (Å²) >= 11 is 0. The predicted octanol–water partition coefficient (Wildman–Crippen LogP) is 2.55. The first-order valence-corrected chi connectivity index (χ1v) is 7.84. The van der Waals surface area contributed by atoms with Gasteiger partial charge < -0.3 is 10.6 Å². The zero-order valence-electron chi connectivity index (χ0n) is 13.3. The third kappa shape index (κ3) is 5.58. The van der Waals surface area contributed by atoms with Gasteiger partial charge in [0.1, 0.15) is 6.04 Å². The smallest absolute Gasteiger partial charge is 0.251 e. The van der Waals surface area contributed by atoms with E-state index < -0.39 is 6.04 Å². The van der Waals surface area contributed by atoms with E-state index >= 15 is 0 Å². The van der Waals surface area contributed by atoms with Gasteiger partial charge in [0, 0.05) is 12.1 Å². The van der Waals surface area contributed by atoms with Gasteiger partial charge in [-0.3, -0.25) is 9.59 Å². The molecule has 0 spiro atoms. The third-order valence-electron chi connectivity index (χ3n) is 3.56. The van der Waals surface area contributed by atoms with E-state index in [0.717, 1.165) is 12.8 Å². The molecule has 2 aromatic rings. The molecular weight excluding hydrogens is 288 g/mol. The van der Waals surface area contributed by atoms with Crippen LogP contribution >= 0.6 is 0 Å². The van der Waals surface area contributed by atoms with Gasteiger partial charge in [0.15, 0.2) is 0 Å². The van der Waals surface area contributed by atoms with Crippen LogP contribution in [0.15, 0.2) is 60.7 Å². The number of hydrogen-bond acceptors (Lipinski definition) is 2. The average Bonchev–Trinajstić information content (AvgIpc) is 2.60. The van der Waals surface area contributed by atoms with Crippen molar-refractivity contribution in [2.45, 2.75) is 25.8 Å². The first-order chi connectivity index (χ1) is 11.2. The molecule has 120 valence electrons. The molecule has 2 amide bonds. The minimum Gasteiger partial charge on any atom is -0.354 e. The van der Waals surface area contributed by atoms with Gasteiger partial charge >= 0.3 is 0 Å². The SMILES string of the molecule is CC(NC(=O)c1ccccc1)C(=O)NCCCc1ccccc1. The van der Waals surface area contributed by atoms with Crippen LogP contribution in [0.4, 0.5) is 0 Å². The van der Waals surface area contributed by atoms with Gasteiger partial charge in [-0.25, -0.2) is 0 Å². The first-order valence-electron chi connectivity index (χ1n) is 7.84. The van der Waals surface area contributed by atoms with E-state index in [1.54, 1.807) is 31.2 Å². The summed E-state index contributed by atoms with van der Waals surface area (Å²) in [5, 5.41) is 5.56. The number of benzene rings is 2. The van der Waals surface area contributed by atoms with Crippen LogP contribution in [0.3, 0.4) is 0 Å². The maximum atomic E-state index is 12.0. The Labute approximate surface area is 136 Å². The van der Waals surface area contributed by atoms with Gasteiger partial charge in [-0.1, -0.05) is 48.5 Å². The van der Waals surface area contributed by atoms with Crippen molar-refractivity contribution in [2.24, 2.45) is 0 Å². The lowest BCUT2D eigenvalue weighted by Crippen LogP contribution is -2.45. The van der Waals surface area contributed by atoms with Crippen LogP contribution in [0.2, 0.25) is 0 Å². The molecule has 0 aliphatic heterocycles. The van der Waals surface area contributed by atoms with Gasteiger partial charge in [0.25, 0.3) is 5.91 Å². The van der Waals surface area contributed by atoms with Crippen molar-refractivity contribution in [1.82, 2.24) is 10.6 Å². The van der Waals surface area contributed by atoms with E-state index in [1.807, 2.05) is 24.3 Å². The molecule has 4 nitrogen and oxygen atoms in total. The van der Waals surface area contributed by atoms with Gasteiger partial charge in [-0.05, 0) is 37.5 Å². The molecular formula is C19H22N2O2. The van der Waals surface area contributed by atoms with Crippen molar-refractivity contribution in [3.63, 3.8) is 0 Å². The Morgan fingerprint density at radius 2 is 1.57 bits per heavy atom. The standard InChI is InChI=1S/C19H22N2O2/c1-15(21-19(23)17-12-6-3-7-13-17)18(22)20-14-8-11-16-9-4-2-5-10-16/h2-7,9-10,12-13,15H,8,11,14H2,1H3,(H,20,22)(H,21,23). The highest BCUT2D eigenvalue weighted by molar-refractivity contribution is 5.97. The molecule has 0 saturated heterocycles. The quantitative estimate of drug-likeness (QED) is 0.772. The molecule has 1 atom stereocenters. The van der Waals surface area contributed by atoms with Gasteiger partial charge in [-0.2, -0.15) is 0 Å². The molecule has 0 heterocycles. The Kier molecular flexibility index (Phi) is 6.36. The van der Waals surface area contributed by atoms with Gasteiger partial charge in [0.2, 0.25) is 5.91 Å². The minimum atomic E-state index is -0.556. The lowest BCUT2D eigenvalue weighted by molar-refractivity contribution is -0.122. The van der Waals surface area contributed by atoms with Crippen LogP contribution in [0, 0.1) is 0 Å². The number of amides is 2. The topological polar surface area (TPSA) is 58.2 Å². The monoisotopic (exact) mass is 310 g/mol. The van der Waals surface area contributed by atoms with Crippen LogP contribution in [0.25, 0.3) is 0 Å². The highest BCUT2D eigenvalue weighted by Gasteiger charge is 2.15. The van der Waals surface area contributed by atoms with Gasteiger partial charge in [0.05, 0.1) is 0 Å². The number of carbonyl (C=O) groups excluding carboxylic acids is 2. The summed E-state index contributed by atoms with van der Waals surface area (Å²) in [6.45, 7) is 2.28. The Bertz CT molecular complexity index is 626. The molecule has 0 saturated carbocycles. The molecule has 0 aliphatic rings. The Hall–Kier alpha value is -2.62. The number of aryl methyl sites for hydroxylation is 1. The minimum absolute atomic E-state index is 0.164. The summed E-state index contributed by atoms with van der Waals surface area (Å²) in [6.07, 6.45) is 1.79. The molecule has 23 heavy (non-hydrogen) atoms. The van der Waals surface area contributed by atoms with Crippen LogP contribution in [0.5, 0.6) is 0 Å². The van der Waals surface area contributed by atoms with Crippen molar-refractivity contribution in [3.8, 4) is 0 Å². The Morgan fingerprint density at radius 3 is 2.22 bits per heavy atom. The number of hydrogen-bond donors (Lipinski definition) is 2. The first kappa shape index (κ1) is 16.7. The number of nitrogens with one attached hydrogen (secondary N) is 2. The molecule has 0 aliphatic carbocycles. The molecule has 4 heteroatoms. The maximum absolute atomic E-state index is 12.0. The maximum Gasteiger partial charge on any atom is 0.251 e. The summed E-state index contributed by atoms with van der Waals surface area (Å²) in [5.74, 6) is -0.403. The zero-order valence-corrected chi connectivity index (χ0v) is 13.3. The second-order valence-corrected chi connectivity index (χ2v) is 5.44. The second-order valence-electron chi connectivity index (χ2n) is 5.44. The number of carbonyl (C=O) groups is 2. The third-order valence-corrected chi connectivity index (χ3v) is 3.56. The molecule has 0 bridgehead atoms. The van der Waals surface area contributed by atoms with Crippen molar-refractivity contribution in [3.05, 3.63) is 71.8 Å². The zero-order chi connectivity index (χ0) is 16.5. The van der Waals surface area contributed by atoms with Crippen LogP contribution in [0.1, 0.15) is 29.3 Å². The lowest BCUT2D eigenvalue weighted by atomic mass is 10.1. The van der Waals surface area contributed by atoms with E-state index in [4.69, 9.17) is 0 Å². The summed E-state index contributed by atoms with van der Waals surface area (Å²) in [5.41, 5.74) is 1.81. The lowest BCUT2D eigenvalue weighted by Gasteiger charge is -2.14. The van der Waals surface area contributed by atoms with Crippen LogP contribution < -0.4 is 10.6 Å². The van der Waals surface area contributed by atoms with Crippen molar-refractivity contribution >= 4 is 11.8 Å². The molecule has 2 rings (SSSR count). The molecule has 0 fully saturated rings. The highest BCUT2D eigenvalue weighted by Crippen LogP contribution is 2.02. The van der Waals surface area contributed by atoms with E-state index in [-0.39, 0.29) is 11.8 Å². The fraction of sp³-hybridized carbons (Fsp3) is 0.263. The fourth-order valence-corrected chi connectivity index (χ4v) is 2.24. The summed E-state index contributed by atoms with van der Waals surface area (Å²) in [7, 11) is 0. The Balaban J connectivity index is 1.69. The van der Waals surface area contributed by atoms with Crippen molar-refractivity contribution in [1.29, 1.82) is 0 Å². The molecule has 1 unspecified atom stereocenters.